The molecule has 0 spiro atoms. The Hall–Kier alpha value is -2.70. The van der Waals surface area contributed by atoms with Crippen molar-refractivity contribution >= 4 is 16.8 Å². The number of phenols is 1. The molecule has 26 heavy (non-hydrogen) atoms. The van der Waals surface area contributed by atoms with E-state index in [2.05, 4.69) is 9.55 Å². The molecule has 1 aliphatic carbocycles. The fourth-order valence-electron chi connectivity index (χ4n) is 3.39. The number of rotatable bonds is 5. The van der Waals surface area contributed by atoms with Crippen molar-refractivity contribution in [1.29, 1.82) is 0 Å². The summed E-state index contributed by atoms with van der Waals surface area (Å²) in [4.78, 5) is 17.1. The molecular formula is C20H20N2O4. The van der Waals surface area contributed by atoms with E-state index in [9.17, 15) is 20.1 Å². The predicted octanol–water partition coefficient (Wildman–Crippen LogP) is 2.66. The summed E-state index contributed by atoms with van der Waals surface area (Å²) in [6.07, 6.45) is -0.886. The molecule has 1 aromatic heterocycles. The molecule has 2 atom stereocenters. The number of Topliss-reactive ketones (excluding diaryl/α,β-unsaturated/α-hetero) is 1. The Labute approximate surface area is 150 Å². The van der Waals surface area contributed by atoms with Crippen molar-refractivity contribution in [3.8, 4) is 5.75 Å². The number of phenolic OH excluding ortho intramolecular Hbond substituents is 1. The number of benzene rings is 2. The third kappa shape index (κ3) is 2.67. The lowest BCUT2D eigenvalue weighted by molar-refractivity contribution is 0.0202. The van der Waals surface area contributed by atoms with E-state index in [0.717, 1.165) is 24.2 Å². The van der Waals surface area contributed by atoms with Crippen LogP contribution in [0.3, 0.4) is 0 Å². The number of aromatic nitrogens is 2. The zero-order valence-electron chi connectivity index (χ0n) is 14.3. The summed E-state index contributed by atoms with van der Waals surface area (Å²) in [6.45, 7) is 1.87. The Morgan fingerprint density at radius 2 is 1.85 bits per heavy atom. The lowest BCUT2D eigenvalue weighted by atomic mass is 9.96. The van der Waals surface area contributed by atoms with Crippen molar-refractivity contribution in [2.24, 2.45) is 0 Å². The first-order valence-corrected chi connectivity index (χ1v) is 8.65. The maximum Gasteiger partial charge on any atom is 0.198 e. The van der Waals surface area contributed by atoms with Gasteiger partial charge in [-0.3, -0.25) is 4.79 Å². The van der Waals surface area contributed by atoms with Crippen LogP contribution in [0.15, 0.2) is 42.5 Å². The number of aryl methyl sites for hydroxylation is 1. The SMILES string of the molecule is Cc1nc2c(O)c(C(=O)[C@H](O)[C@@H](O)c3ccccc3)ccc2n1C1CC1. The van der Waals surface area contributed by atoms with Crippen molar-refractivity contribution in [3.63, 3.8) is 0 Å². The number of ketones is 1. The summed E-state index contributed by atoms with van der Waals surface area (Å²) in [5.41, 5.74) is 1.52. The van der Waals surface area contributed by atoms with Crippen LogP contribution >= 0.6 is 0 Å². The number of hydrogen-bond acceptors (Lipinski definition) is 5. The van der Waals surface area contributed by atoms with Gasteiger partial charge in [0.25, 0.3) is 0 Å². The minimum absolute atomic E-state index is 0.0413. The van der Waals surface area contributed by atoms with Gasteiger partial charge in [0.2, 0.25) is 0 Å². The first-order valence-electron chi connectivity index (χ1n) is 8.65. The van der Waals surface area contributed by atoms with Crippen molar-refractivity contribution in [3.05, 3.63) is 59.4 Å². The van der Waals surface area contributed by atoms with Gasteiger partial charge in [-0.2, -0.15) is 0 Å². The molecular weight excluding hydrogens is 332 g/mol. The van der Waals surface area contributed by atoms with Crippen LogP contribution in [0.2, 0.25) is 0 Å². The molecule has 2 aromatic carbocycles. The summed E-state index contributed by atoms with van der Waals surface area (Å²) in [5, 5.41) is 31.2. The molecule has 0 saturated heterocycles. The number of carbonyl (C=O) groups is 1. The third-order valence-corrected chi connectivity index (χ3v) is 4.90. The third-order valence-electron chi connectivity index (χ3n) is 4.90. The van der Waals surface area contributed by atoms with E-state index in [0.29, 0.717) is 17.1 Å². The predicted molar refractivity (Wildman–Crippen MR) is 96.1 cm³/mol. The van der Waals surface area contributed by atoms with Gasteiger partial charge >= 0.3 is 0 Å². The van der Waals surface area contributed by atoms with Crippen LogP contribution in [0.5, 0.6) is 5.75 Å². The van der Waals surface area contributed by atoms with Gasteiger partial charge < -0.3 is 19.9 Å². The van der Waals surface area contributed by atoms with E-state index in [4.69, 9.17) is 0 Å². The Balaban J connectivity index is 1.70. The molecule has 4 rings (SSSR count). The van der Waals surface area contributed by atoms with E-state index in [1.54, 1.807) is 36.4 Å². The molecule has 0 bridgehead atoms. The summed E-state index contributed by atoms with van der Waals surface area (Å²) in [6, 6.07) is 12.1. The maximum atomic E-state index is 12.7. The van der Waals surface area contributed by atoms with Gasteiger partial charge in [0.05, 0.1) is 11.1 Å². The Morgan fingerprint density at radius 1 is 1.15 bits per heavy atom. The summed E-state index contributed by atoms with van der Waals surface area (Å²) >= 11 is 0. The molecule has 0 aliphatic heterocycles. The molecule has 134 valence electrons. The van der Waals surface area contributed by atoms with E-state index in [-0.39, 0.29) is 11.3 Å². The number of aromatic hydroxyl groups is 1. The zero-order chi connectivity index (χ0) is 18.4. The van der Waals surface area contributed by atoms with Crippen molar-refractivity contribution in [2.75, 3.05) is 0 Å². The van der Waals surface area contributed by atoms with Gasteiger partial charge in [0.1, 0.15) is 23.5 Å². The molecule has 3 N–H and O–H groups in total. The lowest BCUT2D eigenvalue weighted by Crippen LogP contribution is -2.28. The summed E-state index contributed by atoms with van der Waals surface area (Å²) in [7, 11) is 0. The van der Waals surface area contributed by atoms with Crippen LogP contribution < -0.4 is 0 Å². The average molecular weight is 352 g/mol. The highest BCUT2D eigenvalue weighted by atomic mass is 16.3. The van der Waals surface area contributed by atoms with Crippen LogP contribution in [0.4, 0.5) is 0 Å². The molecule has 0 amide bonds. The first kappa shape index (κ1) is 16.8. The molecule has 6 nitrogen and oxygen atoms in total. The second kappa shape index (κ2) is 6.23. The lowest BCUT2D eigenvalue weighted by Gasteiger charge is -2.17. The Morgan fingerprint density at radius 3 is 2.50 bits per heavy atom. The number of aliphatic hydroxyl groups excluding tert-OH is 2. The molecule has 1 aliphatic rings. The quantitative estimate of drug-likeness (QED) is 0.614. The van der Waals surface area contributed by atoms with Crippen LogP contribution in [0, 0.1) is 6.92 Å². The van der Waals surface area contributed by atoms with E-state index in [1.807, 2.05) is 6.92 Å². The largest absolute Gasteiger partial charge is 0.505 e. The van der Waals surface area contributed by atoms with Gasteiger partial charge in [0.15, 0.2) is 11.5 Å². The van der Waals surface area contributed by atoms with Crippen molar-refractivity contribution in [2.45, 2.75) is 38.0 Å². The molecule has 3 aromatic rings. The van der Waals surface area contributed by atoms with Gasteiger partial charge in [-0.05, 0) is 37.5 Å². The van der Waals surface area contributed by atoms with E-state index < -0.39 is 18.0 Å². The van der Waals surface area contributed by atoms with Crippen LogP contribution in [0.1, 0.15) is 46.7 Å². The van der Waals surface area contributed by atoms with Crippen molar-refractivity contribution < 1.29 is 20.1 Å². The summed E-state index contributed by atoms with van der Waals surface area (Å²) < 4.78 is 2.07. The number of fused-ring (bicyclic) bond motifs is 1. The first-order chi connectivity index (χ1) is 12.5. The van der Waals surface area contributed by atoms with Crippen LogP contribution in [0.25, 0.3) is 11.0 Å². The minimum Gasteiger partial charge on any atom is -0.505 e. The van der Waals surface area contributed by atoms with Gasteiger partial charge in [-0.1, -0.05) is 30.3 Å². The molecule has 0 unspecified atom stereocenters. The van der Waals surface area contributed by atoms with Crippen LogP contribution in [-0.4, -0.2) is 36.8 Å². The van der Waals surface area contributed by atoms with Gasteiger partial charge in [-0.25, -0.2) is 4.98 Å². The molecule has 1 heterocycles. The molecule has 1 saturated carbocycles. The fourth-order valence-corrected chi connectivity index (χ4v) is 3.39. The highest BCUT2D eigenvalue weighted by molar-refractivity contribution is 6.06. The van der Waals surface area contributed by atoms with Gasteiger partial charge in [-0.15, -0.1) is 0 Å². The number of hydrogen-bond donors (Lipinski definition) is 3. The van der Waals surface area contributed by atoms with E-state index >= 15 is 0 Å². The summed E-state index contributed by atoms with van der Waals surface area (Å²) in [5.74, 6) is -0.207. The zero-order valence-corrected chi connectivity index (χ0v) is 14.3. The molecule has 0 radical (unpaired) electrons. The highest BCUT2D eigenvalue weighted by Crippen LogP contribution is 2.40. The number of nitrogens with zero attached hydrogens (tertiary/aromatic N) is 2. The smallest absolute Gasteiger partial charge is 0.198 e. The minimum atomic E-state index is -1.67. The topological polar surface area (TPSA) is 95.6 Å². The number of imidazole rings is 1. The molecule has 1 fully saturated rings. The second-order valence-electron chi connectivity index (χ2n) is 6.75. The van der Waals surface area contributed by atoms with E-state index in [1.165, 1.54) is 6.07 Å². The Bertz CT molecular complexity index is 976. The maximum absolute atomic E-state index is 12.7. The molecule has 6 heteroatoms. The van der Waals surface area contributed by atoms with Crippen molar-refractivity contribution in [1.82, 2.24) is 9.55 Å². The highest BCUT2D eigenvalue weighted by Gasteiger charge is 2.31. The number of carbonyl (C=O) groups excluding carboxylic acids is 1. The number of aliphatic hydroxyl groups is 2. The fraction of sp³-hybridized carbons (Fsp3) is 0.300. The normalized spacial score (nSPS) is 16.6. The average Bonchev–Trinajstić information content (AvgIpc) is 3.43. The standard InChI is InChI=1S/C20H20N2O4/c1-11-21-16-15(22(11)13-7-8-13)10-9-14(18(16)24)19(25)20(26)17(23)12-5-3-2-4-6-12/h2-6,9-10,13,17,20,23-24,26H,7-8H2,1H3/t17-,20+/m0/s1. The second-order valence-corrected chi connectivity index (χ2v) is 6.75. The van der Waals surface area contributed by atoms with Gasteiger partial charge in [0, 0.05) is 6.04 Å². The van der Waals surface area contributed by atoms with Crippen LogP contribution in [-0.2, 0) is 0 Å². The monoisotopic (exact) mass is 352 g/mol. The Kier molecular flexibility index (Phi) is 4.01.